The van der Waals surface area contributed by atoms with Crippen molar-refractivity contribution in [2.75, 3.05) is 9.80 Å². The summed E-state index contributed by atoms with van der Waals surface area (Å²) < 4.78 is 0. The van der Waals surface area contributed by atoms with Crippen LogP contribution in [-0.2, 0) is 0 Å². The summed E-state index contributed by atoms with van der Waals surface area (Å²) in [6, 6.07) is 65.5. The average molecular weight is 643 g/mol. The third-order valence-corrected chi connectivity index (χ3v) is 9.29. The van der Waals surface area contributed by atoms with Gasteiger partial charge in [0.05, 0.1) is 0 Å². The van der Waals surface area contributed by atoms with Crippen LogP contribution in [0.25, 0.3) is 33.7 Å². The zero-order valence-corrected chi connectivity index (χ0v) is 28.4. The van der Waals surface area contributed by atoms with Crippen molar-refractivity contribution in [3.63, 3.8) is 0 Å². The van der Waals surface area contributed by atoms with Gasteiger partial charge in [0.2, 0.25) is 0 Å². The molecule has 0 amide bonds. The van der Waals surface area contributed by atoms with Crippen LogP contribution in [0.4, 0.5) is 34.1 Å². The number of rotatable bonds is 8. The van der Waals surface area contributed by atoms with Gasteiger partial charge < -0.3 is 9.80 Å². The van der Waals surface area contributed by atoms with Crippen molar-refractivity contribution in [2.24, 2.45) is 0 Å². The highest BCUT2D eigenvalue weighted by Gasteiger charge is 2.14. The molecule has 0 fully saturated rings. The second-order valence-electron chi connectivity index (χ2n) is 12.9. The van der Waals surface area contributed by atoms with Crippen molar-refractivity contribution in [3.8, 4) is 0 Å². The lowest BCUT2D eigenvalue weighted by atomic mass is 10.0. The lowest BCUT2D eigenvalue weighted by Crippen LogP contribution is -2.09. The maximum Gasteiger partial charge on any atom is 0.0468 e. The Morgan fingerprint density at radius 2 is 0.620 bits per heavy atom. The second kappa shape index (κ2) is 13.6. The second-order valence-corrected chi connectivity index (χ2v) is 12.9. The minimum absolute atomic E-state index is 1.14. The summed E-state index contributed by atoms with van der Waals surface area (Å²) in [5.74, 6) is 0. The minimum Gasteiger partial charge on any atom is -0.310 e. The average Bonchev–Trinajstić information content (AvgIpc) is 3.16. The maximum absolute atomic E-state index is 2.32. The predicted octanol–water partition coefficient (Wildman–Crippen LogP) is 13.7. The van der Waals surface area contributed by atoms with E-state index in [1.54, 1.807) is 0 Å². The van der Waals surface area contributed by atoms with Gasteiger partial charge in [-0.05, 0) is 131 Å². The quantitative estimate of drug-likeness (QED) is 0.152. The summed E-state index contributed by atoms with van der Waals surface area (Å²) in [7, 11) is 0. The van der Waals surface area contributed by atoms with Gasteiger partial charge >= 0.3 is 0 Å². The first kappa shape index (κ1) is 30.9. The van der Waals surface area contributed by atoms with Crippen molar-refractivity contribution in [3.05, 3.63) is 204 Å². The Morgan fingerprint density at radius 3 is 1.02 bits per heavy atom. The molecule has 0 unspecified atom stereocenters. The molecule has 0 spiro atoms. The van der Waals surface area contributed by atoms with Gasteiger partial charge in [-0.3, -0.25) is 0 Å². The van der Waals surface area contributed by atoms with E-state index in [1.165, 1.54) is 43.8 Å². The molecule has 0 N–H and O–H groups in total. The first-order valence-electron chi connectivity index (χ1n) is 17.2. The molecule has 240 valence electrons. The fourth-order valence-corrected chi connectivity index (χ4v) is 6.62. The number of aryl methyl sites for hydroxylation is 2. The van der Waals surface area contributed by atoms with Crippen molar-refractivity contribution >= 4 is 67.8 Å². The van der Waals surface area contributed by atoms with Crippen LogP contribution in [0.1, 0.15) is 22.3 Å². The van der Waals surface area contributed by atoms with Gasteiger partial charge in [-0.1, -0.05) is 120 Å². The fraction of sp³-hybridized carbons (Fsp3) is 0.0417. The summed E-state index contributed by atoms with van der Waals surface area (Å²) in [5, 5.41) is 4.86. The molecule has 2 heteroatoms. The molecule has 0 bridgehead atoms. The number of anilines is 6. The smallest absolute Gasteiger partial charge is 0.0468 e. The van der Waals surface area contributed by atoms with Gasteiger partial charge in [0, 0.05) is 34.1 Å². The van der Waals surface area contributed by atoms with Crippen LogP contribution in [-0.4, -0.2) is 0 Å². The third-order valence-electron chi connectivity index (χ3n) is 9.29. The Bertz CT molecular complexity index is 2250. The highest BCUT2D eigenvalue weighted by molar-refractivity contribution is 5.93. The van der Waals surface area contributed by atoms with Gasteiger partial charge in [-0.25, -0.2) is 0 Å². The summed E-state index contributed by atoms with van der Waals surface area (Å²) in [6.45, 7) is 4.25. The first-order valence-corrected chi connectivity index (χ1v) is 17.2. The first-order chi connectivity index (χ1) is 24.6. The molecule has 0 atom stereocenters. The van der Waals surface area contributed by atoms with E-state index in [0.29, 0.717) is 0 Å². The maximum atomic E-state index is 2.32. The van der Waals surface area contributed by atoms with Gasteiger partial charge in [-0.15, -0.1) is 0 Å². The van der Waals surface area contributed by atoms with E-state index >= 15 is 0 Å². The van der Waals surface area contributed by atoms with E-state index in [1.807, 2.05) is 0 Å². The molecule has 0 saturated carbocycles. The number of hydrogen-bond donors (Lipinski definition) is 0. The van der Waals surface area contributed by atoms with Crippen molar-refractivity contribution in [1.82, 2.24) is 0 Å². The van der Waals surface area contributed by atoms with Gasteiger partial charge in [-0.2, -0.15) is 0 Å². The fourth-order valence-electron chi connectivity index (χ4n) is 6.62. The van der Waals surface area contributed by atoms with E-state index in [2.05, 4.69) is 218 Å². The van der Waals surface area contributed by atoms with E-state index in [9.17, 15) is 0 Å². The van der Waals surface area contributed by atoms with Crippen molar-refractivity contribution in [1.29, 1.82) is 0 Å². The largest absolute Gasteiger partial charge is 0.310 e. The van der Waals surface area contributed by atoms with Crippen molar-refractivity contribution in [2.45, 2.75) is 13.8 Å². The molecule has 2 nitrogen and oxygen atoms in total. The Labute approximate surface area is 294 Å². The molecule has 50 heavy (non-hydrogen) atoms. The summed E-state index contributed by atoms with van der Waals surface area (Å²) >= 11 is 0. The minimum atomic E-state index is 1.14. The van der Waals surface area contributed by atoms with Crippen LogP contribution in [0.5, 0.6) is 0 Å². The van der Waals surface area contributed by atoms with Crippen LogP contribution < -0.4 is 9.80 Å². The van der Waals surface area contributed by atoms with Crippen LogP contribution in [0.2, 0.25) is 0 Å². The lowest BCUT2D eigenvalue weighted by Gasteiger charge is -2.26. The molecule has 0 aliphatic rings. The molecule has 0 aromatic heterocycles. The Hall–Kier alpha value is -6.38. The topological polar surface area (TPSA) is 6.48 Å². The zero-order chi connectivity index (χ0) is 33.9. The lowest BCUT2D eigenvalue weighted by molar-refractivity contribution is 1.28. The van der Waals surface area contributed by atoms with Crippen molar-refractivity contribution < 1.29 is 0 Å². The monoisotopic (exact) mass is 642 g/mol. The normalized spacial score (nSPS) is 11.3. The molecular formula is C48H38N2. The van der Waals surface area contributed by atoms with E-state index < -0.39 is 0 Å². The summed E-state index contributed by atoms with van der Waals surface area (Å²) in [4.78, 5) is 4.63. The molecule has 0 saturated heterocycles. The molecular weight excluding hydrogens is 605 g/mol. The van der Waals surface area contributed by atoms with E-state index in [-0.39, 0.29) is 0 Å². The molecule has 8 aromatic rings. The molecule has 8 aromatic carbocycles. The molecule has 0 aliphatic carbocycles. The van der Waals surface area contributed by atoms with Crippen LogP contribution >= 0.6 is 0 Å². The molecule has 8 rings (SSSR count). The predicted molar refractivity (Wildman–Crippen MR) is 216 cm³/mol. The Morgan fingerprint density at radius 1 is 0.300 bits per heavy atom. The van der Waals surface area contributed by atoms with Crippen LogP contribution in [0, 0.1) is 13.8 Å². The van der Waals surface area contributed by atoms with E-state index in [4.69, 9.17) is 0 Å². The van der Waals surface area contributed by atoms with Crippen LogP contribution in [0.15, 0.2) is 182 Å². The number of nitrogens with zero attached hydrogens (tertiary/aromatic N) is 2. The summed E-state index contributed by atoms with van der Waals surface area (Å²) in [5.41, 5.74) is 11.7. The van der Waals surface area contributed by atoms with Gasteiger partial charge in [0.15, 0.2) is 0 Å². The SMILES string of the molecule is Cc1ccc(N(c2ccccc2)c2ccc3cc(/C=C/c4ccc5cc(N(c6ccccc6)c6ccc(C)cc6)ccc5c4)ccc3c2)cc1. The standard InChI is InChI=1S/C48H38N2/c1-35-13-25-45(26-14-35)49(43-9-5-3-6-10-43)47-29-23-39-31-37(19-21-41(39)33-47)17-18-38-20-22-42-34-48(30-24-40(42)32-38)50(44-11-7-4-8-12-44)46-27-15-36(2)16-28-46/h3-34H,1-2H3/b18-17+. The Kier molecular flexibility index (Phi) is 8.42. The van der Waals surface area contributed by atoms with Gasteiger partial charge in [0.25, 0.3) is 0 Å². The number of para-hydroxylation sites is 2. The van der Waals surface area contributed by atoms with Gasteiger partial charge in [0.1, 0.15) is 0 Å². The van der Waals surface area contributed by atoms with E-state index in [0.717, 1.165) is 34.1 Å². The number of fused-ring (bicyclic) bond motifs is 2. The third kappa shape index (κ3) is 6.52. The highest BCUT2D eigenvalue weighted by atomic mass is 15.1. The highest BCUT2D eigenvalue weighted by Crippen LogP contribution is 2.38. The molecule has 0 radical (unpaired) electrons. The number of hydrogen-bond acceptors (Lipinski definition) is 2. The summed E-state index contributed by atoms with van der Waals surface area (Å²) in [6.07, 6.45) is 4.42. The van der Waals surface area contributed by atoms with Crippen LogP contribution in [0.3, 0.4) is 0 Å². The molecule has 0 aliphatic heterocycles. The Balaban J connectivity index is 1.05. The zero-order valence-electron chi connectivity index (χ0n) is 28.4. The molecule has 0 heterocycles. The number of benzene rings is 8.